The Balaban J connectivity index is 1.96. The topological polar surface area (TPSA) is 33.0 Å². The van der Waals surface area contributed by atoms with Crippen LogP contribution in [0.3, 0.4) is 0 Å². The third-order valence-electron chi connectivity index (χ3n) is 3.59. The van der Waals surface area contributed by atoms with Gasteiger partial charge in [-0.25, -0.2) is 0 Å². The molecule has 2 rings (SSSR count). The van der Waals surface area contributed by atoms with E-state index in [1.807, 2.05) is 0 Å². The Labute approximate surface area is 73.5 Å². The minimum atomic E-state index is 0.334. The van der Waals surface area contributed by atoms with Gasteiger partial charge in [-0.05, 0) is 30.6 Å². The molecule has 0 aromatic rings. The van der Waals surface area contributed by atoms with Crippen LogP contribution in [0.15, 0.2) is 0 Å². The lowest BCUT2D eigenvalue weighted by Crippen LogP contribution is -2.23. The average Bonchev–Trinajstić information content (AvgIpc) is 2.81. The molecule has 1 saturated carbocycles. The molecule has 2 nitrogen and oxygen atoms in total. The predicted molar refractivity (Wildman–Crippen MR) is 45.4 cm³/mol. The van der Waals surface area contributed by atoms with Crippen LogP contribution in [0.4, 0.5) is 0 Å². The van der Waals surface area contributed by atoms with Crippen molar-refractivity contribution in [3.8, 4) is 6.07 Å². The zero-order valence-electron chi connectivity index (χ0n) is 7.55. The summed E-state index contributed by atoms with van der Waals surface area (Å²) in [5.74, 6) is 1.08. The molecule has 1 aliphatic carbocycles. The zero-order chi connectivity index (χ0) is 8.60. The highest BCUT2D eigenvalue weighted by atomic mass is 16.5. The maximum absolute atomic E-state index is 8.79. The van der Waals surface area contributed by atoms with Crippen molar-refractivity contribution in [2.45, 2.75) is 26.2 Å². The molecule has 0 spiro atoms. The Hall–Kier alpha value is -0.550. The van der Waals surface area contributed by atoms with E-state index < -0.39 is 0 Å². The van der Waals surface area contributed by atoms with Crippen LogP contribution in [-0.2, 0) is 4.74 Å². The Kier molecular flexibility index (Phi) is 1.84. The summed E-state index contributed by atoms with van der Waals surface area (Å²) in [6, 6.07) is 2.39. The molecule has 0 N–H and O–H groups in total. The number of ether oxygens (including phenoxy) is 1. The number of rotatable bonds is 1. The maximum atomic E-state index is 8.79. The first-order valence-electron chi connectivity index (χ1n) is 4.75. The highest BCUT2D eigenvalue weighted by Gasteiger charge is 2.55. The maximum Gasteiger partial charge on any atom is 0.0661 e. The largest absolute Gasteiger partial charge is 0.381 e. The third kappa shape index (κ3) is 1.13. The van der Waals surface area contributed by atoms with Crippen LogP contribution in [0.1, 0.15) is 26.2 Å². The van der Waals surface area contributed by atoms with Gasteiger partial charge in [0, 0.05) is 13.2 Å². The first kappa shape index (κ1) is 8.07. The second-order valence-electron chi connectivity index (χ2n) is 4.28. The number of hydrogen-bond donors (Lipinski definition) is 0. The van der Waals surface area contributed by atoms with E-state index in [0.29, 0.717) is 11.3 Å². The fourth-order valence-corrected chi connectivity index (χ4v) is 2.38. The monoisotopic (exact) mass is 165 g/mol. The van der Waals surface area contributed by atoms with Gasteiger partial charge in [-0.1, -0.05) is 6.92 Å². The zero-order valence-corrected chi connectivity index (χ0v) is 7.55. The molecular weight excluding hydrogens is 150 g/mol. The van der Waals surface area contributed by atoms with Crippen LogP contribution >= 0.6 is 0 Å². The van der Waals surface area contributed by atoms with E-state index in [4.69, 9.17) is 10.00 Å². The number of nitriles is 1. The van der Waals surface area contributed by atoms with Gasteiger partial charge in [0.2, 0.25) is 0 Å². The van der Waals surface area contributed by atoms with Crippen LogP contribution < -0.4 is 0 Å². The molecule has 2 heteroatoms. The quantitative estimate of drug-likeness (QED) is 0.595. The van der Waals surface area contributed by atoms with Crippen molar-refractivity contribution in [3.05, 3.63) is 0 Å². The van der Waals surface area contributed by atoms with Gasteiger partial charge in [-0.2, -0.15) is 5.26 Å². The molecule has 0 aromatic carbocycles. The molecule has 2 aliphatic rings. The van der Waals surface area contributed by atoms with Crippen molar-refractivity contribution in [2.24, 2.45) is 17.3 Å². The van der Waals surface area contributed by atoms with Gasteiger partial charge in [-0.15, -0.1) is 0 Å². The van der Waals surface area contributed by atoms with Crippen LogP contribution in [0.25, 0.3) is 0 Å². The van der Waals surface area contributed by atoms with Gasteiger partial charge >= 0.3 is 0 Å². The van der Waals surface area contributed by atoms with E-state index in [-0.39, 0.29) is 0 Å². The molecule has 2 unspecified atom stereocenters. The molecule has 1 heterocycles. The van der Waals surface area contributed by atoms with Gasteiger partial charge in [0.05, 0.1) is 12.0 Å². The van der Waals surface area contributed by atoms with Gasteiger partial charge in [0.25, 0.3) is 0 Å². The summed E-state index contributed by atoms with van der Waals surface area (Å²) in [6.07, 6.45) is 3.44. The third-order valence-corrected chi connectivity index (χ3v) is 3.59. The Morgan fingerprint density at radius 2 is 2.08 bits per heavy atom. The molecular formula is C10H15NO. The van der Waals surface area contributed by atoms with E-state index in [1.54, 1.807) is 0 Å². The lowest BCUT2D eigenvalue weighted by molar-refractivity contribution is 0.0426. The van der Waals surface area contributed by atoms with Crippen molar-refractivity contribution in [2.75, 3.05) is 13.2 Å². The highest BCUT2D eigenvalue weighted by Crippen LogP contribution is 2.59. The molecule has 2 atom stereocenters. The number of nitrogens with zero attached hydrogens (tertiary/aromatic N) is 1. The van der Waals surface area contributed by atoms with E-state index in [2.05, 4.69) is 13.0 Å². The fourth-order valence-electron chi connectivity index (χ4n) is 2.38. The van der Waals surface area contributed by atoms with Crippen molar-refractivity contribution in [3.63, 3.8) is 0 Å². The summed E-state index contributed by atoms with van der Waals surface area (Å²) in [5, 5.41) is 8.79. The smallest absolute Gasteiger partial charge is 0.0661 e. The summed E-state index contributed by atoms with van der Waals surface area (Å²) in [5.41, 5.74) is 0.346. The van der Waals surface area contributed by atoms with Gasteiger partial charge in [0.1, 0.15) is 0 Å². The number of hydrogen-bond acceptors (Lipinski definition) is 2. The van der Waals surface area contributed by atoms with Crippen LogP contribution in [0, 0.1) is 28.6 Å². The van der Waals surface area contributed by atoms with E-state index in [9.17, 15) is 0 Å². The first-order chi connectivity index (χ1) is 5.77. The summed E-state index contributed by atoms with van der Waals surface area (Å²) in [4.78, 5) is 0. The second kappa shape index (κ2) is 2.74. The Morgan fingerprint density at radius 3 is 2.58 bits per heavy atom. The molecule has 1 saturated heterocycles. The fraction of sp³-hybridized carbons (Fsp3) is 0.900. The summed E-state index contributed by atoms with van der Waals surface area (Å²) in [6.45, 7) is 4.06. The summed E-state index contributed by atoms with van der Waals surface area (Å²) < 4.78 is 5.31. The lowest BCUT2D eigenvalue weighted by Gasteiger charge is -2.27. The molecule has 12 heavy (non-hydrogen) atoms. The molecule has 0 aromatic heterocycles. The van der Waals surface area contributed by atoms with Crippen molar-refractivity contribution in [1.82, 2.24) is 0 Å². The summed E-state index contributed by atoms with van der Waals surface area (Å²) in [7, 11) is 0. The van der Waals surface area contributed by atoms with Crippen molar-refractivity contribution >= 4 is 0 Å². The van der Waals surface area contributed by atoms with Gasteiger partial charge in [-0.3, -0.25) is 0 Å². The molecule has 0 radical (unpaired) electrons. The Morgan fingerprint density at radius 1 is 1.42 bits per heavy atom. The van der Waals surface area contributed by atoms with Crippen molar-refractivity contribution < 1.29 is 4.74 Å². The average molecular weight is 165 g/mol. The highest BCUT2D eigenvalue weighted by molar-refractivity contribution is 5.12. The first-order valence-corrected chi connectivity index (χ1v) is 4.75. The van der Waals surface area contributed by atoms with Gasteiger partial charge in [0.15, 0.2) is 0 Å². The van der Waals surface area contributed by atoms with Gasteiger partial charge < -0.3 is 4.74 Å². The van der Waals surface area contributed by atoms with E-state index in [0.717, 1.165) is 38.4 Å². The summed E-state index contributed by atoms with van der Waals surface area (Å²) >= 11 is 0. The molecule has 0 amide bonds. The van der Waals surface area contributed by atoms with Crippen LogP contribution in [0.2, 0.25) is 0 Å². The Bertz CT molecular complexity index is 214. The molecule has 1 aliphatic heterocycles. The second-order valence-corrected chi connectivity index (χ2v) is 4.28. The van der Waals surface area contributed by atoms with Crippen LogP contribution in [0.5, 0.6) is 0 Å². The standard InChI is InChI=1S/C10H15NO/c1-10(6-9(10)7-11)8-2-4-12-5-3-8/h8-9H,2-6H2,1H3. The lowest BCUT2D eigenvalue weighted by atomic mass is 9.83. The predicted octanol–water partition coefficient (Wildman–Crippen LogP) is 1.96. The van der Waals surface area contributed by atoms with E-state index in [1.165, 1.54) is 0 Å². The van der Waals surface area contributed by atoms with Crippen molar-refractivity contribution in [1.29, 1.82) is 5.26 Å². The minimum Gasteiger partial charge on any atom is -0.381 e. The minimum absolute atomic E-state index is 0.334. The van der Waals surface area contributed by atoms with Crippen LogP contribution in [-0.4, -0.2) is 13.2 Å². The molecule has 2 fully saturated rings. The molecule has 0 bridgehead atoms. The van der Waals surface area contributed by atoms with E-state index >= 15 is 0 Å². The normalized spacial score (nSPS) is 42.2. The molecule has 66 valence electrons. The SMILES string of the molecule is CC1(C2CCOCC2)CC1C#N.